The molecule has 1 fully saturated rings. The SMILES string of the molecule is COC(=O)c1cc(N2CC(CSC(C)=O)CC2=O)c(C)cc1F. The normalized spacial score (nSPS) is 17.5. The summed E-state index contributed by atoms with van der Waals surface area (Å²) in [5, 5.41) is 0.0156. The van der Waals surface area contributed by atoms with E-state index in [0.717, 1.165) is 0 Å². The highest BCUT2D eigenvalue weighted by Gasteiger charge is 2.32. The van der Waals surface area contributed by atoms with E-state index >= 15 is 0 Å². The lowest BCUT2D eigenvalue weighted by atomic mass is 10.1. The van der Waals surface area contributed by atoms with Gasteiger partial charge in [0, 0.05) is 31.3 Å². The summed E-state index contributed by atoms with van der Waals surface area (Å²) >= 11 is 1.19. The molecule has 1 amide bonds. The van der Waals surface area contributed by atoms with Gasteiger partial charge in [0.1, 0.15) is 5.82 Å². The monoisotopic (exact) mass is 339 g/mol. The molecule has 0 bridgehead atoms. The van der Waals surface area contributed by atoms with Gasteiger partial charge in [0.2, 0.25) is 5.91 Å². The molecule has 7 heteroatoms. The Bertz CT molecular complexity index is 662. The number of anilines is 1. The second-order valence-corrected chi connectivity index (χ2v) is 6.68. The van der Waals surface area contributed by atoms with Gasteiger partial charge in [0.05, 0.1) is 12.7 Å². The van der Waals surface area contributed by atoms with Crippen molar-refractivity contribution in [2.24, 2.45) is 5.92 Å². The van der Waals surface area contributed by atoms with Gasteiger partial charge < -0.3 is 9.64 Å². The van der Waals surface area contributed by atoms with Gasteiger partial charge in [-0.25, -0.2) is 9.18 Å². The largest absolute Gasteiger partial charge is 0.465 e. The first-order valence-electron chi connectivity index (χ1n) is 7.15. The number of benzene rings is 1. The van der Waals surface area contributed by atoms with Gasteiger partial charge in [0.15, 0.2) is 5.12 Å². The van der Waals surface area contributed by atoms with Crippen LogP contribution < -0.4 is 4.90 Å². The summed E-state index contributed by atoms with van der Waals surface area (Å²) in [6.45, 7) is 3.63. The number of hydrogen-bond donors (Lipinski definition) is 0. The van der Waals surface area contributed by atoms with E-state index in [4.69, 9.17) is 0 Å². The number of rotatable bonds is 4. The number of hydrogen-bond acceptors (Lipinski definition) is 5. The highest BCUT2D eigenvalue weighted by molar-refractivity contribution is 8.13. The van der Waals surface area contributed by atoms with Crippen molar-refractivity contribution in [3.63, 3.8) is 0 Å². The number of esters is 1. The summed E-state index contributed by atoms with van der Waals surface area (Å²) in [6, 6.07) is 2.58. The number of thioether (sulfide) groups is 1. The molecule has 1 saturated heterocycles. The van der Waals surface area contributed by atoms with Crippen molar-refractivity contribution in [3.05, 3.63) is 29.1 Å². The predicted octanol–water partition coefficient (Wildman–Crippen LogP) is 2.55. The maximum Gasteiger partial charge on any atom is 0.340 e. The summed E-state index contributed by atoms with van der Waals surface area (Å²) < 4.78 is 18.5. The average molecular weight is 339 g/mol. The fourth-order valence-corrected chi connectivity index (χ4v) is 3.27. The third-order valence-corrected chi connectivity index (χ3v) is 4.75. The Morgan fingerprint density at radius 3 is 2.74 bits per heavy atom. The third kappa shape index (κ3) is 3.90. The van der Waals surface area contributed by atoms with Gasteiger partial charge in [-0.05, 0) is 30.5 Å². The van der Waals surface area contributed by atoms with Crippen LogP contribution in [0.1, 0.15) is 29.3 Å². The van der Waals surface area contributed by atoms with E-state index in [1.165, 1.54) is 37.9 Å². The molecule has 1 atom stereocenters. The zero-order valence-corrected chi connectivity index (χ0v) is 14.0. The lowest BCUT2D eigenvalue weighted by molar-refractivity contribution is -0.117. The molecule has 1 aliphatic rings. The Hall–Kier alpha value is -1.89. The molecule has 1 unspecified atom stereocenters. The Labute approximate surface area is 138 Å². The Kier molecular flexibility index (Phi) is 5.41. The van der Waals surface area contributed by atoms with Crippen LogP contribution in [0.5, 0.6) is 0 Å². The molecule has 5 nitrogen and oxygen atoms in total. The van der Waals surface area contributed by atoms with E-state index in [2.05, 4.69) is 4.74 Å². The van der Waals surface area contributed by atoms with Gasteiger partial charge in [-0.1, -0.05) is 11.8 Å². The van der Waals surface area contributed by atoms with E-state index in [0.29, 0.717) is 30.0 Å². The van der Waals surface area contributed by atoms with Gasteiger partial charge in [-0.2, -0.15) is 0 Å². The van der Waals surface area contributed by atoms with Crippen LogP contribution in [0.3, 0.4) is 0 Å². The van der Waals surface area contributed by atoms with Crippen LogP contribution in [-0.2, 0) is 14.3 Å². The lowest BCUT2D eigenvalue weighted by Crippen LogP contribution is -2.26. The van der Waals surface area contributed by atoms with Crippen LogP contribution in [0.25, 0.3) is 0 Å². The molecule has 0 radical (unpaired) electrons. The molecule has 0 spiro atoms. The van der Waals surface area contributed by atoms with Crippen molar-refractivity contribution in [2.75, 3.05) is 24.3 Å². The maximum absolute atomic E-state index is 13.9. The van der Waals surface area contributed by atoms with Crippen molar-refractivity contribution in [3.8, 4) is 0 Å². The number of halogens is 1. The minimum absolute atomic E-state index is 0.0156. The average Bonchev–Trinajstić information content (AvgIpc) is 2.85. The summed E-state index contributed by atoms with van der Waals surface area (Å²) in [5.74, 6) is -0.915. The van der Waals surface area contributed by atoms with Crippen LogP contribution in [0, 0.1) is 18.7 Å². The first-order valence-corrected chi connectivity index (χ1v) is 8.14. The second-order valence-electron chi connectivity index (χ2n) is 5.49. The van der Waals surface area contributed by atoms with Crippen LogP contribution in [0.2, 0.25) is 0 Å². The standard InChI is InChI=1S/C16H18FNO4S/c1-9-4-13(17)12(16(21)22-3)6-14(9)18-7-11(5-15(18)20)8-23-10(2)19/h4,6,11H,5,7-8H2,1-3H3. The van der Waals surface area contributed by atoms with Gasteiger partial charge in [-0.15, -0.1) is 0 Å². The molecule has 1 aromatic rings. The highest BCUT2D eigenvalue weighted by atomic mass is 32.2. The molecule has 124 valence electrons. The van der Waals surface area contributed by atoms with Crippen molar-refractivity contribution >= 4 is 34.4 Å². The molecule has 23 heavy (non-hydrogen) atoms. The fraction of sp³-hybridized carbons (Fsp3) is 0.438. The van der Waals surface area contributed by atoms with Gasteiger partial charge in [-0.3, -0.25) is 9.59 Å². The molecule has 0 saturated carbocycles. The molecule has 0 aromatic heterocycles. The van der Waals surface area contributed by atoms with Crippen LogP contribution >= 0.6 is 11.8 Å². The quantitative estimate of drug-likeness (QED) is 0.789. The number of methoxy groups -OCH3 is 1. The minimum atomic E-state index is -0.779. The smallest absolute Gasteiger partial charge is 0.340 e. The number of carbonyl (C=O) groups is 3. The molecule has 0 N–H and O–H groups in total. The zero-order chi connectivity index (χ0) is 17.1. The number of carbonyl (C=O) groups excluding carboxylic acids is 3. The predicted molar refractivity (Wildman–Crippen MR) is 86.1 cm³/mol. The minimum Gasteiger partial charge on any atom is -0.465 e. The van der Waals surface area contributed by atoms with E-state index in [1.54, 1.807) is 11.8 Å². The van der Waals surface area contributed by atoms with Crippen molar-refractivity contribution in [2.45, 2.75) is 20.3 Å². The Balaban J connectivity index is 2.26. The molecule has 2 rings (SSSR count). The van der Waals surface area contributed by atoms with E-state index in [-0.39, 0.29) is 22.5 Å². The number of nitrogens with zero attached hydrogens (tertiary/aromatic N) is 1. The molecule has 1 aliphatic heterocycles. The van der Waals surface area contributed by atoms with E-state index in [1.807, 2.05) is 0 Å². The van der Waals surface area contributed by atoms with E-state index in [9.17, 15) is 18.8 Å². The molecular weight excluding hydrogens is 321 g/mol. The number of ether oxygens (including phenoxy) is 1. The second kappa shape index (κ2) is 7.12. The maximum atomic E-state index is 13.9. The first-order chi connectivity index (χ1) is 10.8. The molecular formula is C16H18FNO4S. The summed E-state index contributed by atoms with van der Waals surface area (Å²) in [7, 11) is 1.18. The summed E-state index contributed by atoms with van der Waals surface area (Å²) in [6.07, 6.45) is 0.338. The first kappa shape index (κ1) is 17.5. The molecule has 1 heterocycles. The number of aryl methyl sites for hydroxylation is 1. The third-order valence-electron chi connectivity index (χ3n) is 3.71. The Morgan fingerprint density at radius 1 is 1.43 bits per heavy atom. The van der Waals surface area contributed by atoms with Crippen LogP contribution in [-0.4, -0.2) is 36.4 Å². The van der Waals surface area contributed by atoms with Crippen LogP contribution in [0.15, 0.2) is 12.1 Å². The highest BCUT2D eigenvalue weighted by Crippen LogP contribution is 2.31. The number of amides is 1. The van der Waals surface area contributed by atoms with Crippen molar-refractivity contribution in [1.82, 2.24) is 0 Å². The fourth-order valence-electron chi connectivity index (χ4n) is 2.58. The van der Waals surface area contributed by atoms with Crippen LogP contribution in [0.4, 0.5) is 10.1 Å². The van der Waals surface area contributed by atoms with Gasteiger partial charge in [0.25, 0.3) is 0 Å². The Morgan fingerprint density at radius 2 is 2.13 bits per heavy atom. The van der Waals surface area contributed by atoms with Gasteiger partial charge >= 0.3 is 5.97 Å². The van der Waals surface area contributed by atoms with Crippen molar-refractivity contribution < 1.29 is 23.5 Å². The molecule has 0 aliphatic carbocycles. The zero-order valence-electron chi connectivity index (χ0n) is 13.2. The van der Waals surface area contributed by atoms with Crippen molar-refractivity contribution in [1.29, 1.82) is 0 Å². The van der Waals surface area contributed by atoms with E-state index < -0.39 is 11.8 Å². The molecule has 1 aromatic carbocycles. The lowest BCUT2D eigenvalue weighted by Gasteiger charge is -2.20. The summed E-state index contributed by atoms with van der Waals surface area (Å²) in [4.78, 5) is 36.5. The summed E-state index contributed by atoms with van der Waals surface area (Å²) in [5.41, 5.74) is 0.887. The topological polar surface area (TPSA) is 63.7 Å².